The zero-order valence-corrected chi connectivity index (χ0v) is 48.4. The second-order valence-electron chi connectivity index (χ2n) is 22.1. The van der Waals surface area contributed by atoms with Crippen molar-refractivity contribution in [1.29, 1.82) is 0 Å². The highest BCUT2D eigenvalue weighted by Crippen LogP contribution is 2.18. The van der Waals surface area contributed by atoms with Gasteiger partial charge in [0.05, 0.1) is 25.4 Å². The Labute approximate surface area is 449 Å². The summed E-state index contributed by atoms with van der Waals surface area (Å²) in [5.74, 6) is -0.0596. The Kier molecular flexibility index (Phi) is 60.0. The zero-order chi connectivity index (χ0) is 52.2. The monoisotopic (exact) mass is 1010 g/mol. The number of rotatable bonds is 60. The van der Waals surface area contributed by atoms with Gasteiger partial charge in [-0.2, -0.15) is 0 Å². The van der Waals surface area contributed by atoms with E-state index in [2.05, 4.69) is 55.6 Å². The van der Waals surface area contributed by atoms with Crippen LogP contribution in [0.1, 0.15) is 348 Å². The van der Waals surface area contributed by atoms with E-state index in [1.54, 1.807) is 0 Å². The van der Waals surface area contributed by atoms with Crippen molar-refractivity contribution >= 4 is 11.9 Å². The molecule has 2 atom stereocenters. The third-order valence-electron chi connectivity index (χ3n) is 14.9. The normalized spacial score (nSPS) is 12.8. The van der Waals surface area contributed by atoms with Gasteiger partial charge in [0.2, 0.25) is 5.91 Å². The molecule has 3 N–H and O–H groups in total. The van der Waals surface area contributed by atoms with Crippen LogP contribution in [0.3, 0.4) is 0 Å². The summed E-state index contributed by atoms with van der Waals surface area (Å²) in [5.41, 5.74) is 0. The fraction of sp³-hybridized carbons (Fsp3) is 0.879. The van der Waals surface area contributed by atoms with Crippen LogP contribution >= 0.6 is 0 Å². The second kappa shape index (κ2) is 61.6. The largest absolute Gasteiger partial charge is 0.466 e. The van der Waals surface area contributed by atoms with Crippen molar-refractivity contribution in [2.45, 2.75) is 360 Å². The first-order valence-electron chi connectivity index (χ1n) is 32.2. The van der Waals surface area contributed by atoms with Crippen molar-refractivity contribution in [2.75, 3.05) is 13.2 Å². The standard InChI is InChI=1S/C66H125NO5/c1-3-5-7-9-11-13-15-17-19-20-21-22-23-24-25-27-31-34-38-42-46-50-54-58-64(69)63(62-68)67-65(70)59-55-51-47-43-39-35-32-28-26-29-33-37-41-45-49-53-57-61-72-66(71)60-56-52-48-44-40-36-30-18-16-14-12-10-8-6-4-2/h12,14,18,26,29-30,63-64,68-69H,3-11,13,15-17,19-25,27-28,31-62H2,1-2H3,(H,67,70)/b14-12-,29-26-,30-18-. The quantitative estimate of drug-likeness (QED) is 0.0320. The maximum absolute atomic E-state index is 12.5. The molecule has 6 nitrogen and oxygen atoms in total. The fourth-order valence-corrected chi connectivity index (χ4v) is 9.96. The van der Waals surface area contributed by atoms with Crippen LogP contribution in [0.25, 0.3) is 0 Å². The van der Waals surface area contributed by atoms with Crippen molar-refractivity contribution in [2.24, 2.45) is 0 Å². The molecule has 1 amide bonds. The van der Waals surface area contributed by atoms with E-state index < -0.39 is 12.1 Å². The number of ether oxygens (including phenoxy) is 1. The summed E-state index contributed by atoms with van der Waals surface area (Å²) in [5, 5.41) is 23.4. The Morgan fingerprint density at radius 2 is 0.694 bits per heavy atom. The molecule has 6 heteroatoms. The molecule has 0 saturated carbocycles. The van der Waals surface area contributed by atoms with Gasteiger partial charge in [0.25, 0.3) is 0 Å². The summed E-state index contributed by atoms with van der Waals surface area (Å²) in [4.78, 5) is 24.6. The molecule has 0 aromatic rings. The van der Waals surface area contributed by atoms with Gasteiger partial charge in [-0.05, 0) is 83.5 Å². The maximum Gasteiger partial charge on any atom is 0.305 e. The predicted molar refractivity (Wildman–Crippen MR) is 315 cm³/mol. The molecular formula is C66H125NO5. The van der Waals surface area contributed by atoms with Crippen LogP contribution < -0.4 is 5.32 Å². The lowest BCUT2D eigenvalue weighted by molar-refractivity contribution is -0.143. The molecular weight excluding hydrogens is 887 g/mol. The number of aliphatic hydroxyl groups is 2. The Balaban J connectivity index is 3.46. The Morgan fingerprint density at radius 3 is 1.10 bits per heavy atom. The van der Waals surface area contributed by atoms with Crippen molar-refractivity contribution < 1.29 is 24.5 Å². The summed E-state index contributed by atoms with van der Waals surface area (Å²) in [6.07, 6.45) is 77.3. The van der Waals surface area contributed by atoms with E-state index >= 15 is 0 Å². The average molecular weight is 1010 g/mol. The van der Waals surface area contributed by atoms with Gasteiger partial charge in [-0.25, -0.2) is 0 Å². The molecule has 0 aliphatic heterocycles. The van der Waals surface area contributed by atoms with Crippen molar-refractivity contribution in [3.63, 3.8) is 0 Å². The molecule has 0 aromatic heterocycles. The number of hydrogen-bond donors (Lipinski definition) is 3. The molecule has 0 aromatic carbocycles. The molecule has 2 unspecified atom stereocenters. The van der Waals surface area contributed by atoms with Crippen LogP contribution in [0.4, 0.5) is 0 Å². The van der Waals surface area contributed by atoms with Crippen LogP contribution in [0.15, 0.2) is 36.5 Å². The predicted octanol–water partition coefficient (Wildman–Crippen LogP) is 20.4. The van der Waals surface area contributed by atoms with Gasteiger partial charge < -0.3 is 20.3 Å². The fourth-order valence-electron chi connectivity index (χ4n) is 9.96. The van der Waals surface area contributed by atoms with Crippen LogP contribution in [0, 0.1) is 0 Å². The Bertz CT molecular complexity index is 1170. The highest BCUT2D eigenvalue weighted by Gasteiger charge is 2.20. The van der Waals surface area contributed by atoms with Crippen LogP contribution in [-0.2, 0) is 14.3 Å². The first-order chi connectivity index (χ1) is 35.5. The summed E-state index contributed by atoms with van der Waals surface area (Å²) in [7, 11) is 0. The molecule has 72 heavy (non-hydrogen) atoms. The lowest BCUT2D eigenvalue weighted by Crippen LogP contribution is -2.45. The Morgan fingerprint density at radius 1 is 0.389 bits per heavy atom. The third-order valence-corrected chi connectivity index (χ3v) is 14.9. The number of unbranched alkanes of at least 4 members (excludes halogenated alkanes) is 43. The number of nitrogens with one attached hydrogen (secondary N) is 1. The molecule has 424 valence electrons. The SMILES string of the molecule is CCCCC/C=C\C/C=C\CCCCCCCC(=O)OCCCCCCCC/C=C\CCCCCCCCCC(=O)NC(CO)C(O)CCCCCCCCCCCCCCCCCCCCCCCCC. The number of carbonyl (C=O) groups excluding carboxylic acids is 2. The molecule has 0 bridgehead atoms. The number of hydrogen-bond acceptors (Lipinski definition) is 5. The molecule has 0 fully saturated rings. The summed E-state index contributed by atoms with van der Waals surface area (Å²) in [6.45, 7) is 4.92. The van der Waals surface area contributed by atoms with Crippen LogP contribution in [0.2, 0.25) is 0 Å². The molecule has 0 rings (SSSR count). The van der Waals surface area contributed by atoms with Gasteiger partial charge in [0.1, 0.15) is 0 Å². The van der Waals surface area contributed by atoms with Gasteiger partial charge in [0, 0.05) is 12.8 Å². The average Bonchev–Trinajstić information content (AvgIpc) is 3.38. The van der Waals surface area contributed by atoms with Crippen molar-refractivity contribution in [1.82, 2.24) is 5.32 Å². The Hall–Kier alpha value is -1.92. The van der Waals surface area contributed by atoms with Gasteiger partial charge in [-0.3, -0.25) is 9.59 Å². The number of amides is 1. The number of esters is 1. The first kappa shape index (κ1) is 70.1. The second-order valence-corrected chi connectivity index (χ2v) is 22.1. The van der Waals surface area contributed by atoms with Gasteiger partial charge in [0.15, 0.2) is 0 Å². The summed E-state index contributed by atoms with van der Waals surface area (Å²) in [6, 6.07) is -0.553. The van der Waals surface area contributed by atoms with E-state index in [0.717, 1.165) is 64.2 Å². The van der Waals surface area contributed by atoms with Gasteiger partial charge in [-0.15, -0.1) is 0 Å². The van der Waals surface area contributed by atoms with E-state index in [0.29, 0.717) is 25.9 Å². The van der Waals surface area contributed by atoms with Gasteiger partial charge >= 0.3 is 5.97 Å². The minimum absolute atomic E-state index is 0.0153. The van der Waals surface area contributed by atoms with E-state index in [4.69, 9.17) is 4.74 Å². The minimum Gasteiger partial charge on any atom is -0.466 e. The molecule has 0 aliphatic carbocycles. The molecule has 0 aliphatic rings. The van der Waals surface area contributed by atoms with E-state index in [1.165, 1.54) is 250 Å². The van der Waals surface area contributed by atoms with Crippen LogP contribution in [0.5, 0.6) is 0 Å². The van der Waals surface area contributed by atoms with Crippen molar-refractivity contribution in [3.8, 4) is 0 Å². The number of aliphatic hydroxyl groups excluding tert-OH is 2. The first-order valence-corrected chi connectivity index (χ1v) is 32.2. The lowest BCUT2D eigenvalue weighted by atomic mass is 10.0. The smallest absolute Gasteiger partial charge is 0.305 e. The molecule has 0 saturated heterocycles. The topological polar surface area (TPSA) is 95.9 Å². The zero-order valence-electron chi connectivity index (χ0n) is 48.4. The summed E-state index contributed by atoms with van der Waals surface area (Å²) >= 11 is 0. The van der Waals surface area contributed by atoms with Crippen LogP contribution in [-0.4, -0.2) is 47.4 Å². The summed E-state index contributed by atoms with van der Waals surface area (Å²) < 4.78 is 5.47. The number of allylic oxidation sites excluding steroid dienone is 6. The third kappa shape index (κ3) is 57.4. The highest BCUT2D eigenvalue weighted by molar-refractivity contribution is 5.76. The maximum atomic E-state index is 12.5. The molecule has 0 heterocycles. The van der Waals surface area contributed by atoms with E-state index in [-0.39, 0.29) is 18.5 Å². The van der Waals surface area contributed by atoms with E-state index in [1.807, 2.05) is 0 Å². The van der Waals surface area contributed by atoms with Crippen molar-refractivity contribution in [3.05, 3.63) is 36.5 Å². The highest BCUT2D eigenvalue weighted by atomic mass is 16.5. The minimum atomic E-state index is -0.674. The van der Waals surface area contributed by atoms with E-state index in [9.17, 15) is 19.8 Å². The van der Waals surface area contributed by atoms with Gasteiger partial charge in [-0.1, -0.05) is 288 Å². The molecule has 0 radical (unpaired) electrons. The lowest BCUT2D eigenvalue weighted by Gasteiger charge is -2.22. The number of carbonyl (C=O) groups is 2. The molecule has 0 spiro atoms.